The summed E-state index contributed by atoms with van der Waals surface area (Å²) in [5, 5.41) is 5.30. The lowest BCUT2D eigenvalue weighted by atomic mass is 9.85. The highest BCUT2D eigenvalue weighted by Gasteiger charge is 2.31. The highest BCUT2D eigenvalue weighted by atomic mass is 32.1. The summed E-state index contributed by atoms with van der Waals surface area (Å²) in [4.78, 5) is 30.4. The van der Waals surface area contributed by atoms with Crippen LogP contribution in [0, 0.1) is 11.3 Å². The summed E-state index contributed by atoms with van der Waals surface area (Å²) in [6, 6.07) is 11.9. The number of nitrogens with zero attached hydrogens (tertiary/aromatic N) is 2. The number of hydrogen-bond donors (Lipinski definition) is 1. The Morgan fingerprint density at radius 3 is 2.41 bits per heavy atom. The first-order chi connectivity index (χ1) is 13.7. The van der Waals surface area contributed by atoms with Crippen molar-refractivity contribution < 1.29 is 9.59 Å². The first-order valence-corrected chi connectivity index (χ1v) is 11.0. The smallest absolute Gasteiger partial charge is 0.240 e. The highest BCUT2D eigenvalue weighted by molar-refractivity contribution is 7.10. The van der Waals surface area contributed by atoms with Gasteiger partial charge in [-0.1, -0.05) is 45.9 Å². The summed E-state index contributed by atoms with van der Waals surface area (Å²) >= 11 is 1.67. The van der Waals surface area contributed by atoms with Gasteiger partial charge in [-0.3, -0.25) is 9.59 Å². The predicted octanol–water partition coefficient (Wildman–Crippen LogP) is 4.46. The van der Waals surface area contributed by atoms with Gasteiger partial charge in [-0.25, -0.2) is 0 Å². The average Bonchev–Trinajstić information content (AvgIpc) is 3.12. The Bertz CT molecular complexity index is 857. The van der Waals surface area contributed by atoms with Gasteiger partial charge in [0.05, 0.1) is 24.0 Å². The summed E-state index contributed by atoms with van der Waals surface area (Å²) in [5.41, 5.74) is 1.73. The van der Waals surface area contributed by atoms with Gasteiger partial charge in [0.15, 0.2) is 0 Å². The molecular weight excluding hydrogens is 382 g/mol. The van der Waals surface area contributed by atoms with Gasteiger partial charge >= 0.3 is 0 Å². The topological polar surface area (TPSA) is 52.7 Å². The van der Waals surface area contributed by atoms with Crippen LogP contribution in [0.4, 0.5) is 11.4 Å². The molecule has 0 radical (unpaired) electrons. The van der Waals surface area contributed by atoms with Crippen LogP contribution in [0.25, 0.3) is 0 Å². The zero-order valence-electron chi connectivity index (χ0n) is 17.9. The molecule has 2 amide bonds. The molecule has 1 N–H and O–H groups in total. The first-order valence-electron chi connectivity index (χ1n) is 10.1. The van der Waals surface area contributed by atoms with Crippen molar-refractivity contribution >= 4 is 34.5 Å². The number of nitrogens with one attached hydrogen (secondary N) is 1. The molecule has 0 unspecified atom stereocenters. The zero-order chi connectivity index (χ0) is 21.2. The van der Waals surface area contributed by atoms with Gasteiger partial charge < -0.3 is 15.1 Å². The molecule has 6 heteroatoms. The summed E-state index contributed by atoms with van der Waals surface area (Å²) in [6.45, 7) is 11.8. The van der Waals surface area contributed by atoms with E-state index < -0.39 is 0 Å². The van der Waals surface area contributed by atoms with Crippen LogP contribution in [-0.2, 0) is 9.59 Å². The third-order valence-electron chi connectivity index (χ3n) is 5.25. The number of thiophene rings is 1. The van der Waals surface area contributed by atoms with E-state index >= 15 is 0 Å². The fourth-order valence-corrected chi connectivity index (χ4v) is 4.92. The van der Waals surface area contributed by atoms with Gasteiger partial charge in [0, 0.05) is 24.9 Å². The number of benzene rings is 1. The van der Waals surface area contributed by atoms with Crippen molar-refractivity contribution in [2.75, 3.05) is 29.4 Å². The first kappa shape index (κ1) is 21.4. The van der Waals surface area contributed by atoms with Gasteiger partial charge in [-0.05, 0) is 34.9 Å². The number of anilines is 2. The second-order valence-corrected chi connectivity index (χ2v) is 9.97. The molecule has 1 aliphatic heterocycles. The number of carbonyl (C=O) groups is 2. The SMILES string of the molecule is CC(=O)N1C[C@H](C)CN(CC(=O)N[C@H](c2cccs2)C(C)(C)C)c2ccccc21. The molecule has 2 aromatic rings. The Balaban J connectivity index is 1.83. The van der Waals surface area contributed by atoms with Gasteiger partial charge in [-0.2, -0.15) is 0 Å². The quantitative estimate of drug-likeness (QED) is 0.805. The van der Waals surface area contributed by atoms with E-state index in [4.69, 9.17) is 0 Å². The minimum atomic E-state index is -0.0874. The lowest BCUT2D eigenvalue weighted by Crippen LogP contribution is -2.43. The summed E-state index contributed by atoms with van der Waals surface area (Å²) in [6.07, 6.45) is 0. The predicted molar refractivity (Wildman–Crippen MR) is 121 cm³/mol. The van der Waals surface area contributed by atoms with Gasteiger partial charge in [0.2, 0.25) is 11.8 Å². The molecule has 0 saturated heterocycles. The molecule has 0 saturated carbocycles. The molecule has 156 valence electrons. The lowest BCUT2D eigenvalue weighted by Gasteiger charge is -2.32. The molecule has 2 heterocycles. The number of fused-ring (bicyclic) bond motifs is 1. The minimum Gasteiger partial charge on any atom is -0.360 e. The van der Waals surface area contributed by atoms with E-state index in [0.717, 1.165) is 17.9 Å². The van der Waals surface area contributed by atoms with Crippen LogP contribution in [0.2, 0.25) is 0 Å². The zero-order valence-corrected chi connectivity index (χ0v) is 18.8. The van der Waals surface area contributed by atoms with E-state index in [1.807, 2.05) is 40.6 Å². The van der Waals surface area contributed by atoms with Gasteiger partial charge in [0.1, 0.15) is 0 Å². The third-order valence-corrected chi connectivity index (χ3v) is 6.19. The van der Waals surface area contributed by atoms with E-state index in [0.29, 0.717) is 6.54 Å². The Labute approximate surface area is 177 Å². The number of rotatable bonds is 4. The van der Waals surface area contributed by atoms with Crippen LogP contribution in [0.5, 0.6) is 0 Å². The van der Waals surface area contributed by atoms with Crippen LogP contribution in [0.3, 0.4) is 0 Å². The maximum Gasteiger partial charge on any atom is 0.240 e. The molecule has 0 bridgehead atoms. The molecule has 0 fully saturated rings. The van der Waals surface area contributed by atoms with E-state index in [1.165, 1.54) is 4.88 Å². The molecule has 5 nitrogen and oxygen atoms in total. The van der Waals surface area contributed by atoms with Crippen LogP contribution in [-0.4, -0.2) is 31.4 Å². The van der Waals surface area contributed by atoms with Crippen LogP contribution < -0.4 is 15.1 Å². The largest absolute Gasteiger partial charge is 0.360 e. The monoisotopic (exact) mass is 413 g/mol. The van der Waals surface area contributed by atoms with E-state index in [2.05, 4.69) is 44.0 Å². The van der Waals surface area contributed by atoms with Crippen molar-refractivity contribution in [2.24, 2.45) is 11.3 Å². The molecule has 1 aliphatic rings. The molecule has 0 spiro atoms. The average molecular weight is 414 g/mol. The van der Waals surface area contributed by atoms with Gasteiger partial charge in [0.25, 0.3) is 0 Å². The van der Waals surface area contributed by atoms with Crippen molar-refractivity contribution in [1.82, 2.24) is 5.32 Å². The molecular formula is C23H31N3O2S. The van der Waals surface area contributed by atoms with Crippen molar-refractivity contribution in [3.05, 3.63) is 46.7 Å². The minimum absolute atomic E-state index is 0.00315. The summed E-state index contributed by atoms with van der Waals surface area (Å²) in [5.74, 6) is 0.285. The number of hydrogen-bond acceptors (Lipinski definition) is 4. The van der Waals surface area contributed by atoms with Crippen molar-refractivity contribution in [2.45, 2.75) is 40.7 Å². The maximum atomic E-state index is 13.1. The number of amides is 2. The van der Waals surface area contributed by atoms with Crippen molar-refractivity contribution in [3.63, 3.8) is 0 Å². The summed E-state index contributed by atoms with van der Waals surface area (Å²) in [7, 11) is 0. The molecule has 1 aromatic heterocycles. The van der Waals surface area contributed by atoms with Crippen LogP contribution in [0.15, 0.2) is 41.8 Å². The molecule has 2 atom stereocenters. The number of para-hydroxylation sites is 2. The number of carbonyl (C=O) groups excluding carboxylic acids is 2. The second-order valence-electron chi connectivity index (χ2n) is 8.99. The Morgan fingerprint density at radius 2 is 1.83 bits per heavy atom. The van der Waals surface area contributed by atoms with E-state index in [9.17, 15) is 9.59 Å². The normalized spacial score (nSPS) is 18.0. The van der Waals surface area contributed by atoms with E-state index in [1.54, 1.807) is 18.3 Å². The molecule has 29 heavy (non-hydrogen) atoms. The second kappa shape index (κ2) is 8.57. The van der Waals surface area contributed by atoms with E-state index in [-0.39, 0.29) is 35.7 Å². The van der Waals surface area contributed by atoms with Crippen molar-refractivity contribution in [3.8, 4) is 0 Å². The molecule has 3 rings (SSSR count). The fourth-order valence-electron chi connectivity index (χ4n) is 3.90. The molecule has 1 aromatic carbocycles. The Morgan fingerprint density at radius 1 is 1.14 bits per heavy atom. The highest BCUT2D eigenvalue weighted by Crippen LogP contribution is 2.36. The Kier molecular flexibility index (Phi) is 6.32. The van der Waals surface area contributed by atoms with Crippen LogP contribution in [0.1, 0.15) is 45.5 Å². The summed E-state index contributed by atoms with van der Waals surface area (Å²) < 4.78 is 0. The third kappa shape index (κ3) is 4.99. The van der Waals surface area contributed by atoms with Crippen LogP contribution >= 0.6 is 11.3 Å². The molecule has 0 aliphatic carbocycles. The Hall–Kier alpha value is -2.34. The van der Waals surface area contributed by atoms with Crippen molar-refractivity contribution in [1.29, 1.82) is 0 Å². The lowest BCUT2D eigenvalue weighted by molar-refractivity contribution is -0.121. The maximum absolute atomic E-state index is 13.1. The standard InChI is InChI=1S/C23H31N3O2S/c1-16-13-25(18-9-6-7-10-19(18)26(14-16)17(2)27)15-21(28)24-22(23(3,4)5)20-11-8-12-29-20/h6-12,16,22H,13-15H2,1-5H3,(H,24,28)/t16-,22-/m1/s1. The fraction of sp³-hybridized carbons (Fsp3) is 0.478. The van der Waals surface area contributed by atoms with Gasteiger partial charge in [-0.15, -0.1) is 11.3 Å².